The van der Waals surface area contributed by atoms with Crippen molar-refractivity contribution >= 4 is 0 Å². The van der Waals surface area contributed by atoms with Gasteiger partial charge in [-0.1, -0.05) is 53.4 Å². The predicted octanol–water partition coefficient (Wildman–Crippen LogP) is 4.35. The fraction of sp³-hybridized carbons (Fsp3) is 0.857. The summed E-state index contributed by atoms with van der Waals surface area (Å²) in [4.78, 5) is 0. The molecule has 0 bridgehead atoms. The minimum atomic E-state index is -0.715. The van der Waals surface area contributed by atoms with Gasteiger partial charge in [-0.25, -0.2) is 0 Å². The standard InChI is InChI=1S/C14H26/c1-11(2)9-13(5)7-8-14(6)10-12(3)4/h11-14H,9-10H2,1-6H3/i13D,14D. The first-order valence-corrected chi connectivity index (χ1v) is 5.58. The van der Waals surface area contributed by atoms with Gasteiger partial charge >= 0.3 is 0 Å². The molecular formula is C14H26. The van der Waals surface area contributed by atoms with Crippen LogP contribution in [0.25, 0.3) is 0 Å². The number of hydrogen-bond acceptors (Lipinski definition) is 0. The molecule has 0 spiro atoms. The molecule has 0 fully saturated rings. The van der Waals surface area contributed by atoms with E-state index in [1.807, 2.05) is 13.8 Å². The molecule has 0 aliphatic heterocycles. The zero-order valence-corrected chi connectivity index (χ0v) is 10.6. The van der Waals surface area contributed by atoms with Crippen molar-refractivity contribution in [2.24, 2.45) is 23.6 Å². The van der Waals surface area contributed by atoms with Crippen molar-refractivity contribution in [3.63, 3.8) is 0 Å². The Morgan fingerprint density at radius 1 is 0.786 bits per heavy atom. The molecule has 0 amide bonds. The molecule has 0 N–H and O–H groups in total. The van der Waals surface area contributed by atoms with Crippen molar-refractivity contribution < 1.29 is 2.74 Å². The highest BCUT2D eigenvalue weighted by Crippen LogP contribution is 2.12. The van der Waals surface area contributed by atoms with Crippen LogP contribution in [0.5, 0.6) is 0 Å². The van der Waals surface area contributed by atoms with E-state index in [-0.39, 0.29) is 0 Å². The van der Waals surface area contributed by atoms with Gasteiger partial charge in [-0.2, -0.15) is 0 Å². The van der Waals surface area contributed by atoms with E-state index in [0.29, 0.717) is 11.8 Å². The minimum Gasteiger partial charge on any atom is -0.0999 e. The van der Waals surface area contributed by atoms with E-state index in [1.165, 1.54) is 0 Å². The van der Waals surface area contributed by atoms with E-state index in [2.05, 4.69) is 39.5 Å². The van der Waals surface area contributed by atoms with Gasteiger partial charge in [0.25, 0.3) is 0 Å². The average molecular weight is 196 g/mol. The molecule has 82 valence electrons. The maximum Gasteiger partial charge on any atom is 0.0436 e. The molecule has 0 aromatic heterocycles. The molecule has 0 aliphatic carbocycles. The van der Waals surface area contributed by atoms with E-state index in [9.17, 15) is 0 Å². The summed E-state index contributed by atoms with van der Waals surface area (Å²) < 4.78 is 16.1. The van der Waals surface area contributed by atoms with Gasteiger partial charge in [-0.05, 0) is 24.7 Å². The van der Waals surface area contributed by atoms with Crippen LogP contribution < -0.4 is 0 Å². The lowest BCUT2D eigenvalue weighted by atomic mass is 9.96. The van der Waals surface area contributed by atoms with Crippen molar-refractivity contribution in [2.45, 2.75) is 54.4 Å². The molecule has 0 saturated heterocycles. The Balaban J connectivity index is 4.57. The van der Waals surface area contributed by atoms with Crippen LogP contribution in [0.15, 0.2) is 0 Å². The van der Waals surface area contributed by atoms with Crippen molar-refractivity contribution in [3.05, 3.63) is 0 Å². The minimum absolute atomic E-state index is 0.471. The Hall–Kier alpha value is -0.440. The van der Waals surface area contributed by atoms with E-state index < -0.39 is 11.8 Å². The SMILES string of the molecule is [2H]C(C)(C#CC([2H])(C)CC(C)C)CC(C)C. The van der Waals surface area contributed by atoms with Crippen LogP contribution in [0.2, 0.25) is 0 Å². The molecule has 2 atom stereocenters. The first-order chi connectivity index (χ1) is 7.04. The maximum absolute atomic E-state index is 8.06. The summed E-state index contributed by atoms with van der Waals surface area (Å²) in [5.41, 5.74) is 0. The van der Waals surface area contributed by atoms with Crippen LogP contribution in [0.4, 0.5) is 0 Å². The molecule has 2 unspecified atom stereocenters. The second-order valence-corrected chi connectivity index (χ2v) is 5.01. The predicted molar refractivity (Wildman–Crippen MR) is 65.0 cm³/mol. The molecule has 0 aliphatic rings. The third kappa shape index (κ3) is 8.17. The second kappa shape index (κ2) is 6.93. The van der Waals surface area contributed by atoms with Crippen LogP contribution in [-0.4, -0.2) is 0 Å². The molecule has 14 heavy (non-hydrogen) atoms. The highest BCUT2D eigenvalue weighted by molar-refractivity contribution is 5.05. The molecule has 0 rings (SSSR count). The van der Waals surface area contributed by atoms with Crippen LogP contribution >= 0.6 is 0 Å². The van der Waals surface area contributed by atoms with Gasteiger partial charge in [0.1, 0.15) is 0 Å². The van der Waals surface area contributed by atoms with E-state index in [0.717, 1.165) is 12.8 Å². The number of rotatable bonds is 4. The topological polar surface area (TPSA) is 0 Å². The Labute approximate surface area is 93.3 Å². The maximum atomic E-state index is 8.06. The zero-order chi connectivity index (χ0) is 13.0. The van der Waals surface area contributed by atoms with Gasteiger partial charge in [0.2, 0.25) is 0 Å². The number of hydrogen-bond donors (Lipinski definition) is 0. The quantitative estimate of drug-likeness (QED) is 0.586. The molecule has 0 aromatic rings. The Kier molecular flexibility index (Phi) is 5.00. The lowest BCUT2D eigenvalue weighted by Gasteiger charge is -2.09. The summed E-state index contributed by atoms with van der Waals surface area (Å²) in [5.74, 6) is 5.44. The lowest BCUT2D eigenvalue weighted by molar-refractivity contribution is 0.502. The summed E-state index contributed by atoms with van der Waals surface area (Å²) in [6.07, 6.45) is 1.52. The van der Waals surface area contributed by atoms with Crippen molar-refractivity contribution in [1.29, 1.82) is 0 Å². The van der Waals surface area contributed by atoms with Crippen LogP contribution in [0.1, 0.15) is 57.1 Å². The fourth-order valence-corrected chi connectivity index (χ4v) is 1.54. The molecule has 0 nitrogen and oxygen atoms in total. The molecular weight excluding hydrogens is 168 g/mol. The summed E-state index contributed by atoms with van der Waals surface area (Å²) >= 11 is 0. The van der Waals surface area contributed by atoms with Gasteiger partial charge in [0.05, 0.1) is 0 Å². The molecule has 0 saturated carbocycles. The molecule has 0 heterocycles. The first-order valence-electron chi connectivity index (χ1n) is 6.58. The average Bonchev–Trinajstić information content (AvgIpc) is 1.96. The fourth-order valence-electron chi connectivity index (χ4n) is 1.54. The highest BCUT2D eigenvalue weighted by atomic mass is 14.1. The van der Waals surface area contributed by atoms with E-state index >= 15 is 0 Å². The van der Waals surface area contributed by atoms with E-state index in [4.69, 9.17) is 2.74 Å². The Morgan fingerprint density at radius 2 is 1.07 bits per heavy atom. The summed E-state index contributed by atoms with van der Waals surface area (Å²) in [7, 11) is 0. The van der Waals surface area contributed by atoms with Crippen LogP contribution in [0, 0.1) is 35.5 Å². The third-order valence-electron chi connectivity index (χ3n) is 1.92. The Morgan fingerprint density at radius 3 is 1.29 bits per heavy atom. The Bertz CT molecular complexity index is 238. The van der Waals surface area contributed by atoms with Crippen LogP contribution in [-0.2, 0) is 0 Å². The largest absolute Gasteiger partial charge is 0.0999 e. The zero-order valence-electron chi connectivity index (χ0n) is 12.6. The monoisotopic (exact) mass is 196 g/mol. The van der Waals surface area contributed by atoms with Crippen molar-refractivity contribution in [3.8, 4) is 11.8 Å². The van der Waals surface area contributed by atoms with E-state index in [1.54, 1.807) is 0 Å². The molecule has 0 heteroatoms. The van der Waals surface area contributed by atoms with Gasteiger partial charge < -0.3 is 0 Å². The molecule has 0 radical (unpaired) electrons. The van der Waals surface area contributed by atoms with Gasteiger partial charge in [0, 0.05) is 14.5 Å². The summed E-state index contributed by atoms with van der Waals surface area (Å²) in [6.45, 7) is 12.1. The third-order valence-corrected chi connectivity index (χ3v) is 1.92. The van der Waals surface area contributed by atoms with Gasteiger partial charge in [-0.3, -0.25) is 0 Å². The summed E-state index contributed by atoms with van der Waals surface area (Å²) in [6, 6.07) is 0. The van der Waals surface area contributed by atoms with Crippen LogP contribution in [0.3, 0.4) is 0 Å². The second-order valence-electron chi connectivity index (χ2n) is 5.01. The van der Waals surface area contributed by atoms with Gasteiger partial charge in [0.15, 0.2) is 0 Å². The first kappa shape index (κ1) is 10.1. The van der Waals surface area contributed by atoms with Gasteiger partial charge in [-0.15, -0.1) is 0 Å². The van der Waals surface area contributed by atoms with Crippen molar-refractivity contribution in [1.82, 2.24) is 0 Å². The smallest absolute Gasteiger partial charge is 0.0436 e. The van der Waals surface area contributed by atoms with Crippen molar-refractivity contribution in [2.75, 3.05) is 0 Å². The molecule has 0 aromatic carbocycles. The summed E-state index contributed by atoms with van der Waals surface area (Å²) in [5, 5.41) is 0. The highest BCUT2D eigenvalue weighted by Gasteiger charge is 2.03. The normalized spacial score (nSPS) is 21.7. The lowest BCUT2D eigenvalue weighted by Crippen LogP contribution is -2.00.